The fourth-order valence-electron chi connectivity index (χ4n) is 3.27. The Morgan fingerprint density at radius 3 is 2.64 bits per heavy atom. The van der Waals surface area contributed by atoms with E-state index in [-0.39, 0.29) is 17.2 Å². The number of rotatable bonds is 7. The molecule has 4 aromatic rings. The molecule has 0 spiro atoms. The molecule has 0 aliphatic carbocycles. The SMILES string of the molecule is CC(C)(C)OC(=O)CC(=O)Nc1cnccc1Nc1nc(-c2cccc(C(F)F)n2)nn2cccc12. The van der Waals surface area contributed by atoms with Crippen LogP contribution < -0.4 is 10.6 Å². The number of hydrogen-bond acceptors (Lipinski definition) is 8. The highest BCUT2D eigenvalue weighted by Gasteiger charge is 2.20. The Kier molecular flexibility index (Phi) is 6.86. The van der Waals surface area contributed by atoms with Crippen molar-refractivity contribution in [3.05, 3.63) is 60.7 Å². The van der Waals surface area contributed by atoms with E-state index in [9.17, 15) is 18.4 Å². The van der Waals surface area contributed by atoms with Crippen molar-refractivity contribution in [2.24, 2.45) is 0 Å². The molecule has 0 bridgehead atoms. The first kappa shape index (κ1) is 24.6. The molecule has 0 aromatic carbocycles. The van der Waals surface area contributed by atoms with Gasteiger partial charge in [0, 0.05) is 12.4 Å². The zero-order chi connectivity index (χ0) is 25.9. The summed E-state index contributed by atoms with van der Waals surface area (Å²) in [6.07, 6.45) is 1.40. The average molecular weight is 495 g/mol. The monoisotopic (exact) mass is 495 g/mol. The number of esters is 1. The number of halogens is 2. The van der Waals surface area contributed by atoms with Gasteiger partial charge in [0.15, 0.2) is 5.82 Å². The first-order valence-corrected chi connectivity index (χ1v) is 10.9. The van der Waals surface area contributed by atoms with E-state index in [1.165, 1.54) is 35.1 Å². The molecule has 0 aliphatic rings. The van der Waals surface area contributed by atoms with Gasteiger partial charge >= 0.3 is 5.97 Å². The molecular formula is C24H23F2N7O3. The average Bonchev–Trinajstić information content (AvgIpc) is 3.28. The second-order valence-electron chi connectivity index (χ2n) is 8.73. The lowest BCUT2D eigenvalue weighted by Gasteiger charge is -2.19. The summed E-state index contributed by atoms with van der Waals surface area (Å²) in [5.41, 5.74) is 0.398. The largest absolute Gasteiger partial charge is 0.460 e. The van der Waals surface area contributed by atoms with Gasteiger partial charge in [0.05, 0.1) is 17.6 Å². The van der Waals surface area contributed by atoms with Crippen LogP contribution in [0.25, 0.3) is 17.0 Å². The van der Waals surface area contributed by atoms with Gasteiger partial charge in [0.1, 0.15) is 28.9 Å². The molecule has 2 N–H and O–H groups in total. The number of carbonyl (C=O) groups is 2. The quantitative estimate of drug-likeness (QED) is 0.283. The normalized spacial score (nSPS) is 11.5. The number of fused-ring (bicyclic) bond motifs is 1. The zero-order valence-electron chi connectivity index (χ0n) is 19.7. The first-order valence-electron chi connectivity index (χ1n) is 10.9. The first-order chi connectivity index (χ1) is 17.1. The minimum atomic E-state index is -2.73. The van der Waals surface area contributed by atoms with E-state index < -0.39 is 30.3 Å². The van der Waals surface area contributed by atoms with Crippen molar-refractivity contribution in [1.29, 1.82) is 0 Å². The maximum absolute atomic E-state index is 13.2. The van der Waals surface area contributed by atoms with E-state index in [1.54, 1.807) is 45.2 Å². The summed E-state index contributed by atoms with van der Waals surface area (Å²) in [6.45, 7) is 5.14. The number of hydrogen-bond donors (Lipinski definition) is 2. The van der Waals surface area contributed by atoms with Crippen molar-refractivity contribution < 1.29 is 23.1 Å². The smallest absolute Gasteiger partial charge is 0.315 e. The molecule has 0 saturated heterocycles. The number of anilines is 3. The highest BCUT2D eigenvalue weighted by molar-refractivity contribution is 6.03. The lowest BCUT2D eigenvalue weighted by molar-refractivity contribution is -0.155. The van der Waals surface area contributed by atoms with Crippen LogP contribution in [0.4, 0.5) is 26.0 Å². The molecule has 36 heavy (non-hydrogen) atoms. The maximum atomic E-state index is 13.2. The van der Waals surface area contributed by atoms with E-state index in [2.05, 4.69) is 30.7 Å². The van der Waals surface area contributed by atoms with Crippen LogP contribution in [0.5, 0.6) is 0 Å². The molecule has 0 saturated carbocycles. The van der Waals surface area contributed by atoms with Crippen LogP contribution in [0.2, 0.25) is 0 Å². The van der Waals surface area contributed by atoms with Gasteiger partial charge in [-0.1, -0.05) is 6.07 Å². The zero-order valence-corrected chi connectivity index (χ0v) is 19.7. The second kappa shape index (κ2) is 10.0. The predicted molar refractivity (Wildman–Crippen MR) is 128 cm³/mol. The molecule has 4 rings (SSSR count). The van der Waals surface area contributed by atoms with Crippen LogP contribution in [0.1, 0.15) is 39.3 Å². The maximum Gasteiger partial charge on any atom is 0.315 e. The molecule has 4 heterocycles. The summed E-state index contributed by atoms with van der Waals surface area (Å²) < 4.78 is 33.0. The minimum Gasteiger partial charge on any atom is -0.460 e. The van der Waals surface area contributed by atoms with Crippen molar-refractivity contribution in [3.63, 3.8) is 0 Å². The Morgan fingerprint density at radius 2 is 1.89 bits per heavy atom. The van der Waals surface area contributed by atoms with Crippen molar-refractivity contribution in [1.82, 2.24) is 24.6 Å². The Hall–Kier alpha value is -4.48. The number of aromatic nitrogens is 5. The Balaban J connectivity index is 1.62. The summed E-state index contributed by atoms with van der Waals surface area (Å²) in [4.78, 5) is 36.9. The molecule has 0 aliphatic heterocycles. The molecule has 12 heteroatoms. The highest BCUT2D eigenvalue weighted by Crippen LogP contribution is 2.28. The van der Waals surface area contributed by atoms with Crippen molar-refractivity contribution in [3.8, 4) is 11.5 Å². The number of amides is 1. The minimum absolute atomic E-state index is 0.119. The molecule has 0 fully saturated rings. The van der Waals surface area contributed by atoms with Crippen molar-refractivity contribution in [2.75, 3.05) is 10.6 Å². The van der Waals surface area contributed by atoms with Gasteiger partial charge in [-0.15, -0.1) is 5.10 Å². The van der Waals surface area contributed by atoms with E-state index in [0.29, 0.717) is 22.7 Å². The fourth-order valence-corrected chi connectivity index (χ4v) is 3.27. The Bertz CT molecular complexity index is 1420. The molecular weight excluding hydrogens is 472 g/mol. The van der Waals surface area contributed by atoms with Crippen LogP contribution in [-0.2, 0) is 14.3 Å². The number of pyridine rings is 2. The van der Waals surface area contributed by atoms with Gasteiger partial charge in [-0.05, 0) is 51.1 Å². The van der Waals surface area contributed by atoms with E-state index in [0.717, 1.165) is 0 Å². The molecule has 10 nitrogen and oxygen atoms in total. The summed E-state index contributed by atoms with van der Waals surface area (Å²) in [7, 11) is 0. The van der Waals surface area contributed by atoms with Gasteiger partial charge in [-0.2, -0.15) is 0 Å². The second-order valence-corrected chi connectivity index (χ2v) is 8.73. The van der Waals surface area contributed by atoms with Gasteiger partial charge in [-0.3, -0.25) is 14.6 Å². The van der Waals surface area contributed by atoms with E-state index >= 15 is 0 Å². The summed E-state index contributed by atoms with van der Waals surface area (Å²) in [5, 5.41) is 10.1. The number of nitrogens with one attached hydrogen (secondary N) is 2. The topological polar surface area (TPSA) is 123 Å². The van der Waals surface area contributed by atoms with Gasteiger partial charge in [0.2, 0.25) is 11.7 Å². The van der Waals surface area contributed by atoms with Crippen LogP contribution >= 0.6 is 0 Å². The summed E-state index contributed by atoms with van der Waals surface area (Å²) in [5.74, 6) is -0.784. The Morgan fingerprint density at radius 1 is 1.08 bits per heavy atom. The molecule has 0 unspecified atom stereocenters. The van der Waals surface area contributed by atoms with Crippen molar-refractivity contribution in [2.45, 2.75) is 39.2 Å². The molecule has 0 radical (unpaired) electrons. The Labute approximate surface area is 204 Å². The number of carbonyl (C=O) groups excluding carboxylic acids is 2. The lowest BCUT2D eigenvalue weighted by atomic mass is 10.2. The number of alkyl halides is 2. The standard InChI is InChI=1S/C24H23F2N7O3/c1-24(2,3)36-20(35)12-19(34)29-17-13-27-10-9-14(17)30-23-18-8-5-11-33(18)32-22(31-23)16-7-4-6-15(28-16)21(25)26/h4-11,13,21H,12H2,1-3H3,(H,29,34)(H,27,30,31,32). The number of ether oxygens (including phenoxy) is 1. The van der Waals surface area contributed by atoms with Crippen LogP contribution in [0.15, 0.2) is 55.0 Å². The highest BCUT2D eigenvalue weighted by atomic mass is 19.3. The predicted octanol–water partition coefficient (Wildman–Crippen LogP) is 4.54. The van der Waals surface area contributed by atoms with Crippen LogP contribution in [0.3, 0.4) is 0 Å². The third kappa shape index (κ3) is 5.95. The molecule has 186 valence electrons. The third-order valence-electron chi connectivity index (χ3n) is 4.69. The van der Waals surface area contributed by atoms with Gasteiger partial charge < -0.3 is 15.4 Å². The van der Waals surface area contributed by atoms with E-state index in [4.69, 9.17) is 4.74 Å². The van der Waals surface area contributed by atoms with Crippen molar-refractivity contribution >= 4 is 34.6 Å². The molecule has 4 aromatic heterocycles. The van der Waals surface area contributed by atoms with Crippen LogP contribution in [-0.4, -0.2) is 42.0 Å². The van der Waals surface area contributed by atoms with Crippen LogP contribution in [0, 0.1) is 0 Å². The van der Waals surface area contributed by atoms with Gasteiger partial charge in [0.25, 0.3) is 6.43 Å². The lowest BCUT2D eigenvalue weighted by Crippen LogP contribution is -2.27. The van der Waals surface area contributed by atoms with E-state index in [1.807, 2.05) is 0 Å². The third-order valence-corrected chi connectivity index (χ3v) is 4.69. The fraction of sp³-hybridized carbons (Fsp3) is 0.250. The molecule has 0 atom stereocenters. The summed E-state index contributed by atoms with van der Waals surface area (Å²) in [6, 6.07) is 9.34. The molecule has 1 amide bonds. The van der Waals surface area contributed by atoms with Gasteiger partial charge in [-0.25, -0.2) is 23.3 Å². The summed E-state index contributed by atoms with van der Waals surface area (Å²) >= 11 is 0. The number of nitrogens with zero attached hydrogens (tertiary/aromatic N) is 5.